The minimum atomic E-state index is -0.896. The number of likely N-dealkylation sites (tertiary alicyclic amines) is 1. The standard InChI is InChI=1S/C22H27NO4/c1-15-13-17(14-16(2)20(15)27-3)19(21(24)25)23-11-9-22(26,10-12-23)18-7-5-4-6-8-18/h4-8,13-14,19,26H,9-12H2,1-3H3,(H,24,25)/t19-/m0/s1. The van der Waals surface area contributed by atoms with Gasteiger partial charge in [-0.25, -0.2) is 0 Å². The second-order valence-electron chi connectivity index (χ2n) is 7.36. The molecule has 0 amide bonds. The van der Waals surface area contributed by atoms with Gasteiger partial charge in [-0.15, -0.1) is 0 Å². The average Bonchev–Trinajstić information content (AvgIpc) is 2.64. The van der Waals surface area contributed by atoms with Crippen molar-refractivity contribution < 1.29 is 19.7 Å². The summed E-state index contributed by atoms with van der Waals surface area (Å²) in [7, 11) is 1.62. The van der Waals surface area contributed by atoms with E-state index in [0.717, 1.165) is 28.0 Å². The number of piperidine rings is 1. The van der Waals surface area contributed by atoms with E-state index in [-0.39, 0.29) is 0 Å². The maximum absolute atomic E-state index is 12.1. The summed E-state index contributed by atoms with van der Waals surface area (Å²) in [6.07, 6.45) is 1.02. The molecule has 1 aliphatic heterocycles. The molecule has 1 heterocycles. The lowest BCUT2D eigenvalue weighted by atomic mass is 9.83. The predicted octanol–water partition coefficient (Wildman–Crippen LogP) is 3.42. The maximum atomic E-state index is 12.1. The van der Waals surface area contributed by atoms with Crippen LogP contribution in [0, 0.1) is 13.8 Å². The van der Waals surface area contributed by atoms with Crippen molar-refractivity contribution in [2.24, 2.45) is 0 Å². The van der Waals surface area contributed by atoms with Gasteiger partial charge in [-0.3, -0.25) is 9.69 Å². The molecule has 0 aromatic heterocycles. The summed E-state index contributed by atoms with van der Waals surface area (Å²) in [6.45, 7) is 4.90. The summed E-state index contributed by atoms with van der Waals surface area (Å²) in [5.41, 5.74) is 2.61. The molecule has 5 nitrogen and oxygen atoms in total. The Morgan fingerprint density at radius 2 is 1.67 bits per heavy atom. The fraction of sp³-hybridized carbons (Fsp3) is 0.409. The number of hydrogen-bond acceptors (Lipinski definition) is 4. The van der Waals surface area contributed by atoms with E-state index < -0.39 is 17.6 Å². The molecule has 0 aliphatic carbocycles. The summed E-state index contributed by atoms with van der Waals surface area (Å²) >= 11 is 0. The van der Waals surface area contributed by atoms with Crippen molar-refractivity contribution in [1.82, 2.24) is 4.90 Å². The van der Waals surface area contributed by atoms with Crippen LogP contribution in [0.15, 0.2) is 42.5 Å². The Morgan fingerprint density at radius 3 is 2.15 bits per heavy atom. The Hall–Kier alpha value is -2.37. The monoisotopic (exact) mass is 369 g/mol. The van der Waals surface area contributed by atoms with Crippen LogP contribution in [-0.4, -0.2) is 41.3 Å². The van der Waals surface area contributed by atoms with E-state index in [2.05, 4.69) is 0 Å². The highest BCUT2D eigenvalue weighted by Gasteiger charge is 2.38. The Morgan fingerprint density at radius 1 is 1.11 bits per heavy atom. The molecule has 0 unspecified atom stereocenters. The van der Waals surface area contributed by atoms with Crippen molar-refractivity contribution in [3.05, 3.63) is 64.7 Å². The normalized spacial score (nSPS) is 18.1. The minimum Gasteiger partial charge on any atom is -0.496 e. The fourth-order valence-corrected chi connectivity index (χ4v) is 4.16. The SMILES string of the molecule is COc1c(C)cc([C@@H](C(=O)O)N2CCC(O)(c3ccccc3)CC2)cc1C. The zero-order chi connectivity index (χ0) is 19.6. The highest BCUT2D eigenvalue weighted by molar-refractivity contribution is 5.76. The smallest absolute Gasteiger partial charge is 0.325 e. The van der Waals surface area contributed by atoms with E-state index in [4.69, 9.17) is 4.74 Å². The number of hydrogen-bond donors (Lipinski definition) is 2. The first-order valence-electron chi connectivity index (χ1n) is 9.25. The van der Waals surface area contributed by atoms with Crippen molar-refractivity contribution in [3.8, 4) is 5.75 Å². The van der Waals surface area contributed by atoms with Crippen molar-refractivity contribution in [2.45, 2.75) is 38.3 Å². The van der Waals surface area contributed by atoms with Crippen LogP contribution >= 0.6 is 0 Å². The van der Waals surface area contributed by atoms with E-state index >= 15 is 0 Å². The topological polar surface area (TPSA) is 70.0 Å². The van der Waals surface area contributed by atoms with E-state index in [1.54, 1.807) is 7.11 Å². The van der Waals surface area contributed by atoms with Crippen LogP contribution in [0.2, 0.25) is 0 Å². The van der Waals surface area contributed by atoms with Crippen molar-refractivity contribution in [2.75, 3.05) is 20.2 Å². The Kier molecular flexibility index (Phi) is 5.53. The lowest BCUT2D eigenvalue weighted by Gasteiger charge is -2.41. The lowest BCUT2D eigenvalue weighted by molar-refractivity contribution is -0.146. The van der Waals surface area contributed by atoms with Crippen molar-refractivity contribution in [1.29, 1.82) is 0 Å². The molecule has 1 atom stereocenters. The Balaban J connectivity index is 1.83. The van der Waals surface area contributed by atoms with Gasteiger partial charge in [0.2, 0.25) is 0 Å². The van der Waals surface area contributed by atoms with Gasteiger partial charge < -0.3 is 14.9 Å². The molecule has 2 aromatic carbocycles. The van der Waals surface area contributed by atoms with Crippen LogP contribution in [0.5, 0.6) is 5.75 Å². The highest BCUT2D eigenvalue weighted by atomic mass is 16.5. The lowest BCUT2D eigenvalue weighted by Crippen LogP contribution is -2.46. The number of aliphatic carboxylic acids is 1. The summed E-state index contributed by atoms with van der Waals surface area (Å²) in [5, 5.41) is 20.9. The number of aliphatic hydroxyl groups is 1. The van der Waals surface area contributed by atoms with Gasteiger partial charge in [0.15, 0.2) is 0 Å². The van der Waals surface area contributed by atoms with Gasteiger partial charge in [-0.1, -0.05) is 42.5 Å². The number of aryl methyl sites for hydroxylation is 2. The Bertz CT molecular complexity index is 787. The van der Waals surface area contributed by atoms with Gasteiger partial charge in [-0.2, -0.15) is 0 Å². The first kappa shape index (κ1) is 19.4. The third-order valence-corrected chi connectivity index (χ3v) is 5.54. The van der Waals surface area contributed by atoms with Gasteiger partial charge >= 0.3 is 5.97 Å². The zero-order valence-electron chi connectivity index (χ0n) is 16.1. The predicted molar refractivity (Wildman–Crippen MR) is 104 cm³/mol. The molecule has 0 spiro atoms. The van der Waals surface area contributed by atoms with Gasteiger partial charge in [0, 0.05) is 13.1 Å². The number of nitrogens with zero attached hydrogens (tertiary/aromatic N) is 1. The minimum absolute atomic E-state index is 0.509. The molecule has 3 rings (SSSR count). The molecule has 0 radical (unpaired) electrons. The van der Waals surface area contributed by atoms with Crippen LogP contribution in [0.3, 0.4) is 0 Å². The first-order valence-corrected chi connectivity index (χ1v) is 9.25. The van der Waals surface area contributed by atoms with Gasteiger partial charge in [0.25, 0.3) is 0 Å². The first-order chi connectivity index (χ1) is 12.9. The number of ether oxygens (including phenoxy) is 1. The molecule has 144 valence electrons. The van der Waals surface area contributed by atoms with Crippen LogP contribution in [0.4, 0.5) is 0 Å². The van der Waals surface area contributed by atoms with Gasteiger partial charge in [0.1, 0.15) is 11.8 Å². The van der Waals surface area contributed by atoms with Crippen molar-refractivity contribution in [3.63, 3.8) is 0 Å². The van der Waals surface area contributed by atoms with Crippen LogP contribution in [0.1, 0.15) is 41.1 Å². The number of carbonyl (C=O) groups is 1. The highest BCUT2D eigenvalue weighted by Crippen LogP contribution is 2.37. The summed E-state index contributed by atoms with van der Waals surface area (Å²) < 4.78 is 5.40. The van der Waals surface area contributed by atoms with E-state index in [9.17, 15) is 15.0 Å². The number of rotatable bonds is 5. The van der Waals surface area contributed by atoms with E-state index in [1.807, 2.05) is 61.2 Å². The van der Waals surface area contributed by atoms with Crippen LogP contribution < -0.4 is 4.74 Å². The molecule has 0 saturated carbocycles. The quantitative estimate of drug-likeness (QED) is 0.845. The summed E-state index contributed by atoms with van der Waals surface area (Å²) in [4.78, 5) is 14.0. The molecule has 1 fully saturated rings. The van der Waals surface area contributed by atoms with E-state index in [0.29, 0.717) is 25.9 Å². The number of benzene rings is 2. The summed E-state index contributed by atoms with van der Waals surface area (Å²) in [6, 6.07) is 12.7. The number of carboxylic acid groups (broad SMARTS) is 1. The van der Waals surface area contributed by atoms with Gasteiger partial charge in [0.05, 0.1) is 12.7 Å². The largest absolute Gasteiger partial charge is 0.496 e. The second kappa shape index (κ2) is 7.71. The summed E-state index contributed by atoms with van der Waals surface area (Å²) in [5.74, 6) is -0.0795. The maximum Gasteiger partial charge on any atom is 0.325 e. The molecule has 0 bridgehead atoms. The van der Waals surface area contributed by atoms with Crippen LogP contribution in [0.25, 0.3) is 0 Å². The molecular weight excluding hydrogens is 342 g/mol. The van der Waals surface area contributed by atoms with Crippen LogP contribution in [-0.2, 0) is 10.4 Å². The Labute approximate surface area is 160 Å². The molecule has 27 heavy (non-hydrogen) atoms. The molecular formula is C22H27NO4. The third kappa shape index (κ3) is 3.84. The molecule has 2 aromatic rings. The molecule has 5 heteroatoms. The van der Waals surface area contributed by atoms with Crippen molar-refractivity contribution >= 4 is 5.97 Å². The average molecular weight is 369 g/mol. The molecule has 1 saturated heterocycles. The van der Waals surface area contributed by atoms with E-state index in [1.165, 1.54) is 0 Å². The fourth-order valence-electron chi connectivity index (χ4n) is 4.16. The molecule has 1 aliphatic rings. The number of carboxylic acids is 1. The number of methoxy groups -OCH3 is 1. The second-order valence-corrected chi connectivity index (χ2v) is 7.36. The molecule has 2 N–H and O–H groups in total. The zero-order valence-corrected chi connectivity index (χ0v) is 16.1. The van der Waals surface area contributed by atoms with Gasteiger partial charge in [-0.05, 0) is 48.9 Å². The third-order valence-electron chi connectivity index (χ3n) is 5.54.